The molecule has 0 aromatic heterocycles. The molecule has 7 aromatic rings. The summed E-state index contributed by atoms with van der Waals surface area (Å²) in [6, 6.07) is 61.2. The van der Waals surface area contributed by atoms with E-state index in [9.17, 15) is 0 Å². The number of benzene rings is 7. The number of hydrogen-bond donors (Lipinski definition) is 0. The summed E-state index contributed by atoms with van der Waals surface area (Å²) in [5.41, 5.74) is 28.6. The summed E-state index contributed by atoms with van der Waals surface area (Å²) in [5.74, 6) is 0. The van der Waals surface area contributed by atoms with Gasteiger partial charge in [-0.05, 0) is 205 Å². The molecular weight excluding hydrogens is 1250 g/mol. The van der Waals surface area contributed by atoms with Crippen LogP contribution in [0.3, 0.4) is 0 Å². The lowest BCUT2D eigenvalue weighted by atomic mass is 9.94. The van der Waals surface area contributed by atoms with Crippen molar-refractivity contribution in [2.24, 2.45) is 0 Å². The summed E-state index contributed by atoms with van der Waals surface area (Å²) in [6.45, 7) is 0. The minimum Gasteiger partial charge on any atom is -0.378 e. The monoisotopic (exact) mass is 1360 g/mol. The maximum atomic E-state index is 2.23. The summed E-state index contributed by atoms with van der Waals surface area (Å²) in [5, 5.41) is 0. The SMILES string of the molecule is C.CN(C)c1ccc(C(=CC=CC(=C2C=CC(=[N+](C)C)C=C2)c2ccc(N(C)C)cc2)c2ccc(N(C)C)cc2)cc1.CN(C)c1ccc(C(=CC=CC(=C2C=CC(=[N+](C)C)C=C2)c2ccc(N(C)C)cc2)c2ccc(N(C)C)cc2)cc1.CN(C)c1ccc(C=C2C=CC(=[N+](C)C)C=C2)cc1. The van der Waals surface area contributed by atoms with Crippen molar-refractivity contribution < 1.29 is 13.7 Å². The maximum Gasteiger partial charge on any atom is 0.199 e. The summed E-state index contributed by atoms with van der Waals surface area (Å²) < 4.78 is 6.36. The molecule has 0 atom stereocenters. The van der Waals surface area contributed by atoms with E-state index >= 15 is 0 Å². The first-order valence-electron chi connectivity index (χ1n) is 34.5. The zero-order valence-corrected chi connectivity index (χ0v) is 63.6. The second kappa shape index (κ2) is 37.3. The Labute approximate surface area is 613 Å². The van der Waals surface area contributed by atoms with Crippen LogP contribution in [0.25, 0.3) is 28.4 Å². The first kappa shape index (κ1) is 78.1. The molecular formula is C92H111N10+3. The number of hydrogen-bond acceptors (Lipinski definition) is 7. The number of nitrogens with zero attached hydrogens (tertiary/aromatic N) is 10. The molecule has 0 fully saturated rings. The molecule has 0 heterocycles. The van der Waals surface area contributed by atoms with Crippen molar-refractivity contribution in [3.05, 3.63) is 335 Å². The predicted octanol–water partition coefficient (Wildman–Crippen LogP) is 17.9. The van der Waals surface area contributed by atoms with Gasteiger partial charge in [-0.15, -0.1) is 0 Å². The van der Waals surface area contributed by atoms with Crippen LogP contribution in [0.5, 0.6) is 0 Å². The summed E-state index contributed by atoms with van der Waals surface area (Å²) >= 11 is 0. The molecule has 0 unspecified atom stereocenters. The number of allylic oxidation sites excluding steroid dienone is 23. The minimum absolute atomic E-state index is 0. The first-order chi connectivity index (χ1) is 48.3. The molecule has 0 bridgehead atoms. The van der Waals surface area contributed by atoms with Gasteiger partial charge in [-0.3, -0.25) is 0 Å². The van der Waals surface area contributed by atoms with E-state index in [4.69, 9.17) is 0 Å². The van der Waals surface area contributed by atoms with Gasteiger partial charge in [-0.25, -0.2) is 13.7 Å². The Hall–Kier alpha value is -11.2. The minimum atomic E-state index is 0. The van der Waals surface area contributed by atoms with E-state index in [-0.39, 0.29) is 7.43 Å². The maximum absolute atomic E-state index is 2.23. The van der Waals surface area contributed by atoms with E-state index in [2.05, 4.69) is 474 Å². The van der Waals surface area contributed by atoms with Gasteiger partial charge in [0.25, 0.3) is 0 Å². The molecule has 3 aliphatic carbocycles. The number of rotatable bonds is 18. The highest BCUT2D eigenvalue weighted by Gasteiger charge is 2.15. The lowest BCUT2D eigenvalue weighted by Crippen LogP contribution is -2.10. The van der Waals surface area contributed by atoms with Crippen LogP contribution in [-0.4, -0.2) is 172 Å². The summed E-state index contributed by atoms with van der Waals surface area (Å²) in [7, 11) is 41.4. The number of anilines is 7. The third kappa shape index (κ3) is 21.9. The predicted molar refractivity (Wildman–Crippen MR) is 453 cm³/mol. The molecule has 526 valence electrons. The molecule has 0 saturated heterocycles. The molecule has 0 N–H and O–H groups in total. The van der Waals surface area contributed by atoms with Gasteiger partial charge in [0, 0.05) is 175 Å². The lowest BCUT2D eigenvalue weighted by molar-refractivity contribution is -0.462. The Bertz CT molecular complexity index is 4090. The van der Waals surface area contributed by atoms with E-state index < -0.39 is 0 Å². The van der Waals surface area contributed by atoms with Crippen molar-refractivity contribution in [1.82, 2.24) is 0 Å². The van der Waals surface area contributed by atoms with Gasteiger partial charge in [0.1, 0.15) is 42.3 Å². The molecule has 10 heteroatoms. The van der Waals surface area contributed by atoms with Crippen LogP contribution in [0.2, 0.25) is 0 Å². The van der Waals surface area contributed by atoms with Crippen LogP contribution in [-0.2, 0) is 0 Å². The summed E-state index contributed by atoms with van der Waals surface area (Å²) in [4.78, 5) is 14.9. The molecule has 0 aliphatic heterocycles. The third-order valence-electron chi connectivity index (χ3n) is 17.8. The highest BCUT2D eigenvalue weighted by atomic mass is 15.1. The Kier molecular flexibility index (Phi) is 28.5. The van der Waals surface area contributed by atoms with Crippen LogP contribution >= 0.6 is 0 Å². The van der Waals surface area contributed by atoms with Crippen molar-refractivity contribution >= 4 is 85.3 Å². The zero-order valence-electron chi connectivity index (χ0n) is 63.6. The molecule has 0 radical (unpaired) electrons. The quantitative estimate of drug-likeness (QED) is 0.0625. The standard InChI is InChI=1S/2C37H43N4.C17H21N2.CH4/c2*1-38(2)32-20-12-28(13-21-32)36(29-14-22-33(23-15-29)39(3)4)10-9-11-37(30-16-24-34(25-17-30)40(5)6)31-18-26-35(27-19-31)41(7)8;1-18(2)16-9-5-14(6-10-16)13-15-7-11-17(12-8-15)19(3)4;/h2*9-27H,1-8H3;5-13H,1-4H3;1H4/q3*+1;. The Morgan fingerprint density at radius 2 is 0.461 bits per heavy atom. The van der Waals surface area contributed by atoms with Crippen molar-refractivity contribution in [3.63, 3.8) is 0 Å². The second-order valence-corrected chi connectivity index (χ2v) is 27.4. The van der Waals surface area contributed by atoms with Crippen LogP contribution in [0.4, 0.5) is 39.8 Å². The van der Waals surface area contributed by atoms with Gasteiger partial charge >= 0.3 is 0 Å². The highest BCUT2D eigenvalue weighted by molar-refractivity contribution is 6.05. The van der Waals surface area contributed by atoms with Crippen LogP contribution in [0.1, 0.15) is 46.4 Å². The van der Waals surface area contributed by atoms with E-state index in [0.29, 0.717) is 0 Å². The molecule has 7 aromatic carbocycles. The second-order valence-electron chi connectivity index (χ2n) is 27.4. The molecule has 0 spiro atoms. The Morgan fingerprint density at radius 3 is 0.676 bits per heavy atom. The van der Waals surface area contributed by atoms with Gasteiger partial charge in [-0.2, -0.15) is 0 Å². The van der Waals surface area contributed by atoms with Gasteiger partial charge in [0.05, 0.1) is 0 Å². The molecule has 10 nitrogen and oxygen atoms in total. The fourth-order valence-corrected chi connectivity index (χ4v) is 11.4. The fourth-order valence-electron chi connectivity index (χ4n) is 11.4. The average molecular weight is 1360 g/mol. The highest BCUT2D eigenvalue weighted by Crippen LogP contribution is 2.33. The van der Waals surface area contributed by atoms with Gasteiger partial charge < -0.3 is 34.3 Å². The van der Waals surface area contributed by atoms with Gasteiger partial charge in [0.2, 0.25) is 0 Å². The molecule has 0 saturated carbocycles. The lowest BCUT2D eigenvalue weighted by Gasteiger charge is -2.16. The van der Waals surface area contributed by atoms with E-state index in [1.54, 1.807) is 0 Å². The average Bonchev–Trinajstić information content (AvgIpc) is 0.833. The molecule has 3 aliphatic rings. The van der Waals surface area contributed by atoms with Gasteiger partial charge in [0.15, 0.2) is 17.1 Å². The fraction of sp³-hybridized carbons (Fsp3) is 0.228. The third-order valence-corrected chi connectivity index (χ3v) is 17.8. The topological polar surface area (TPSA) is 31.7 Å². The van der Waals surface area contributed by atoms with E-state index in [0.717, 1.165) is 0 Å². The molecule has 0 amide bonds. The molecule has 102 heavy (non-hydrogen) atoms. The van der Waals surface area contributed by atoms with E-state index in [1.807, 2.05) is 0 Å². The smallest absolute Gasteiger partial charge is 0.199 e. The van der Waals surface area contributed by atoms with Crippen molar-refractivity contribution in [1.29, 1.82) is 0 Å². The van der Waals surface area contributed by atoms with Gasteiger partial charge in [-0.1, -0.05) is 129 Å². The van der Waals surface area contributed by atoms with E-state index in [1.165, 1.54) is 135 Å². The molecule has 10 rings (SSSR count). The zero-order chi connectivity index (χ0) is 72.9. The Morgan fingerprint density at radius 1 is 0.255 bits per heavy atom. The first-order valence-corrected chi connectivity index (χ1v) is 34.5. The van der Waals surface area contributed by atoms with Crippen LogP contribution < -0.4 is 34.3 Å². The van der Waals surface area contributed by atoms with Crippen LogP contribution in [0.15, 0.2) is 296 Å². The van der Waals surface area contributed by atoms with Crippen molar-refractivity contribution in [2.75, 3.05) is 175 Å². The van der Waals surface area contributed by atoms with Crippen LogP contribution in [0, 0.1) is 0 Å². The normalized spacial score (nSPS) is 12.6. The largest absolute Gasteiger partial charge is 0.378 e. The van der Waals surface area contributed by atoms with Crippen molar-refractivity contribution in [3.8, 4) is 0 Å². The summed E-state index contributed by atoms with van der Waals surface area (Å²) in [6.07, 6.45) is 41.6. The Balaban J connectivity index is 0.000000227. The van der Waals surface area contributed by atoms with Crippen molar-refractivity contribution in [2.45, 2.75) is 7.43 Å².